The van der Waals surface area contributed by atoms with Crippen LogP contribution in [0.4, 0.5) is 5.69 Å². The van der Waals surface area contributed by atoms with Gasteiger partial charge in [0.25, 0.3) is 0 Å². The Hall–Kier alpha value is -1.99. The summed E-state index contributed by atoms with van der Waals surface area (Å²) >= 11 is 3.41. The summed E-state index contributed by atoms with van der Waals surface area (Å²) in [6.07, 6.45) is 0. The van der Waals surface area contributed by atoms with Crippen molar-refractivity contribution in [3.05, 3.63) is 58.1 Å². The van der Waals surface area contributed by atoms with Crippen molar-refractivity contribution in [2.24, 2.45) is 0 Å². The van der Waals surface area contributed by atoms with Crippen LogP contribution in [-0.2, 0) is 6.54 Å². The fourth-order valence-corrected chi connectivity index (χ4v) is 1.97. The van der Waals surface area contributed by atoms with E-state index in [2.05, 4.69) is 27.3 Å². The van der Waals surface area contributed by atoms with Crippen LogP contribution in [0, 0.1) is 11.3 Å². The van der Waals surface area contributed by atoms with Crippen LogP contribution in [0.5, 0.6) is 5.75 Å². The summed E-state index contributed by atoms with van der Waals surface area (Å²) in [6.45, 7) is 0.704. The number of nitriles is 1. The van der Waals surface area contributed by atoms with Crippen LogP contribution >= 0.6 is 15.9 Å². The lowest BCUT2D eigenvalue weighted by molar-refractivity contribution is 0.416. The molecule has 0 unspecified atom stereocenters. The topological polar surface area (TPSA) is 45.0 Å². The van der Waals surface area contributed by atoms with Crippen LogP contribution in [-0.4, -0.2) is 7.11 Å². The molecule has 0 aliphatic rings. The second kappa shape index (κ2) is 6.26. The normalized spacial score (nSPS) is 9.74. The number of nitrogens with one attached hydrogen (secondary N) is 1. The first-order valence-corrected chi connectivity index (χ1v) is 6.58. The molecule has 2 aromatic rings. The van der Waals surface area contributed by atoms with E-state index in [-0.39, 0.29) is 0 Å². The molecule has 0 amide bonds. The minimum atomic E-state index is 0.589. The van der Waals surface area contributed by atoms with Gasteiger partial charge in [-0.05, 0) is 29.8 Å². The van der Waals surface area contributed by atoms with Gasteiger partial charge >= 0.3 is 0 Å². The Morgan fingerprint density at radius 2 is 1.95 bits per heavy atom. The van der Waals surface area contributed by atoms with E-state index in [0.29, 0.717) is 17.9 Å². The third-order valence-corrected chi connectivity index (χ3v) is 3.26. The third kappa shape index (κ3) is 3.49. The number of hydrogen-bond donors (Lipinski definition) is 1. The highest BCUT2D eigenvalue weighted by Gasteiger charge is 2.04. The predicted molar refractivity (Wildman–Crippen MR) is 79.2 cm³/mol. The largest absolute Gasteiger partial charge is 0.495 e. The third-order valence-electron chi connectivity index (χ3n) is 2.73. The Labute approximate surface area is 121 Å². The Kier molecular flexibility index (Phi) is 4.43. The number of nitrogens with zero attached hydrogens (tertiary/aromatic N) is 1. The Balaban J connectivity index is 2.11. The number of anilines is 1. The molecule has 0 spiro atoms. The molecule has 0 saturated carbocycles. The SMILES string of the molecule is COc1cc(C#N)ccc1NCc1ccc(Br)cc1. The molecule has 0 aliphatic heterocycles. The molecule has 96 valence electrons. The van der Waals surface area contributed by atoms with Crippen molar-refractivity contribution in [3.63, 3.8) is 0 Å². The first-order valence-electron chi connectivity index (χ1n) is 5.79. The van der Waals surface area contributed by atoms with Gasteiger partial charge in [0.2, 0.25) is 0 Å². The van der Waals surface area contributed by atoms with Crippen LogP contribution < -0.4 is 10.1 Å². The fourth-order valence-electron chi connectivity index (χ4n) is 1.71. The lowest BCUT2D eigenvalue weighted by Gasteiger charge is -2.11. The summed E-state index contributed by atoms with van der Waals surface area (Å²) < 4.78 is 6.34. The number of methoxy groups -OCH3 is 1. The van der Waals surface area contributed by atoms with Crippen molar-refractivity contribution in [2.45, 2.75) is 6.54 Å². The van der Waals surface area contributed by atoms with Gasteiger partial charge in [-0.15, -0.1) is 0 Å². The van der Waals surface area contributed by atoms with Gasteiger partial charge in [0, 0.05) is 17.1 Å². The molecule has 2 aromatic carbocycles. The van der Waals surface area contributed by atoms with Gasteiger partial charge in [0.1, 0.15) is 5.75 Å². The number of benzene rings is 2. The van der Waals surface area contributed by atoms with Gasteiger partial charge in [0.15, 0.2) is 0 Å². The van der Waals surface area contributed by atoms with Gasteiger partial charge in [0.05, 0.1) is 24.4 Å². The van der Waals surface area contributed by atoms with Gasteiger partial charge in [-0.25, -0.2) is 0 Å². The minimum absolute atomic E-state index is 0.589. The van der Waals surface area contributed by atoms with Gasteiger partial charge < -0.3 is 10.1 Å². The Bertz CT molecular complexity index is 603. The summed E-state index contributed by atoms with van der Waals surface area (Å²) in [6, 6.07) is 15.6. The molecule has 1 N–H and O–H groups in total. The molecule has 0 aliphatic carbocycles. The number of ether oxygens (including phenoxy) is 1. The zero-order valence-electron chi connectivity index (χ0n) is 10.5. The van der Waals surface area contributed by atoms with E-state index in [1.54, 1.807) is 19.2 Å². The molecule has 0 fully saturated rings. The van der Waals surface area contributed by atoms with Crippen molar-refractivity contribution < 1.29 is 4.74 Å². The van der Waals surface area contributed by atoms with Crippen LogP contribution in [0.3, 0.4) is 0 Å². The van der Waals surface area contributed by atoms with Crippen LogP contribution in [0.1, 0.15) is 11.1 Å². The molecule has 0 heterocycles. The zero-order chi connectivity index (χ0) is 13.7. The number of hydrogen-bond acceptors (Lipinski definition) is 3. The average Bonchev–Trinajstić information content (AvgIpc) is 2.46. The van der Waals surface area contributed by atoms with Crippen molar-refractivity contribution in [2.75, 3.05) is 12.4 Å². The van der Waals surface area contributed by atoms with Gasteiger partial charge in [-0.1, -0.05) is 28.1 Å². The first kappa shape index (κ1) is 13.4. The maximum atomic E-state index is 8.85. The maximum absolute atomic E-state index is 8.85. The van der Waals surface area contributed by atoms with E-state index >= 15 is 0 Å². The summed E-state index contributed by atoms with van der Waals surface area (Å²) in [5.41, 5.74) is 2.64. The highest BCUT2D eigenvalue weighted by atomic mass is 79.9. The van der Waals surface area contributed by atoms with Crippen molar-refractivity contribution in [1.29, 1.82) is 5.26 Å². The summed E-state index contributed by atoms with van der Waals surface area (Å²) in [5.74, 6) is 0.677. The number of halogens is 1. The van der Waals surface area contributed by atoms with Crippen LogP contribution in [0.25, 0.3) is 0 Å². The lowest BCUT2D eigenvalue weighted by atomic mass is 10.2. The monoisotopic (exact) mass is 316 g/mol. The molecular formula is C15H13BrN2O. The summed E-state index contributed by atoms with van der Waals surface area (Å²) in [4.78, 5) is 0. The van der Waals surface area contributed by atoms with E-state index in [1.807, 2.05) is 30.3 Å². The molecule has 0 atom stereocenters. The molecule has 2 rings (SSSR count). The van der Waals surface area contributed by atoms with Crippen LogP contribution in [0.15, 0.2) is 46.9 Å². The standard InChI is InChI=1S/C15H13BrN2O/c1-19-15-8-12(9-17)4-7-14(15)18-10-11-2-5-13(16)6-3-11/h2-8,18H,10H2,1H3. The smallest absolute Gasteiger partial charge is 0.143 e. The van der Waals surface area contributed by atoms with E-state index in [9.17, 15) is 0 Å². The highest BCUT2D eigenvalue weighted by molar-refractivity contribution is 9.10. The molecule has 0 aromatic heterocycles. The second-order valence-electron chi connectivity index (χ2n) is 4.01. The zero-order valence-corrected chi connectivity index (χ0v) is 12.1. The molecule has 19 heavy (non-hydrogen) atoms. The van der Waals surface area contributed by atoms with E-state index in [4.69, 9.17) is 10.00 Å². The van der Waals surface area contributed by atoms with Crippen molar-refractivity contribution in [1.82, 2.24) is 0 Å². The Morgan fingerprint density at radius 3 is 2.58 bits per heavy atom. The van der Waals surface area contributed by atoms with E-state index in [1.165, 1.54) is 5.56 Å². The van der Waals surface area contributed by atoms with Gasteiger partial charge in [-0.2, -0.15) is 5.26 Å². The Morgan fingerprint density at radius 1 is 1.21 bits per heavy atom. The van der Waals surface area contributed by atoms with Crippen molar-refractivity contribution in [3.8, 4) is 11.8 Å². The van der Waals surface area contributed by atoms with Crippen LogP contribution in [0.2, 0.25) is 0 Å². The summed E-state index contributed by atoms with van der Waals surface area (Å²) in [7, 11) is 1.60. The molecule has 0 saturated heterocycles. The predicted octanol–water partition coefficient (Wildman–Crippen LogP) is 3.94. The highest BCUT2D eigenvalue weighted by Crippen LogP contribution is 2.25. The molecule has 0 radical (unpaired) electrons. The quantitative estimate of drug-likeness (QED) is 0.929. The van der Waals surface area contributed by atoms with E-state index in [0.717, 1.165) is 10.2 Å². The van der Waals surface area contributed by atoms with E-state index < -0.39 is 0 Å². The van der Waals surface area contributed by atoms with Crippen molar-refractivity contribution >= 4 is 21.6 Å². The molecule has 0 bridgehead atoms. The molecular weight excluding hydrogens is 304 g/mol. The molecule has 3 nitrogen and oxygen atoms in total. The maximum Gasteiger partial charge on any atom is 0.143 e. The lowest BCUT2D eigenvalue weighted by Crippen LogP contribution is -2.01. The first-order chi connectivity index (χ1) is 9.22. The number of rotatable bonds is 4. The van der Waals surface area contributed by atoms with Gasteiger partial charge in [-0.3, -0.25) is 0 Å². The minimum Gasteiger partial charge on any atom is -0.495 e. The summed E-state index contributed by atoms with van der Waals surface area (Å²) in [5, 5.41) is 12.2. The fraction of sp³-hybridized carbons (Fsp3) is 0.133. The molecule has 4 heteroatoms. The average molecular weight is 317 g/mol. The second-order valence-corrected chi connectivity index (χ2v) is 4.92.